The van der Waals surface area contributed by atoms with Crippen LogP contribution < -0.4 is 5.32 Å². The summed E-state index contributed by atoms with van der Waals surface area (Å²) in [5.41, 5.74) is 0.724. The Balaban J connectivity index is 2.16. The van der Waals surface area contributed by atoms with Gasteiger partial charge in [0.2, 0.25) is 0 Å². The zero-order valence-electron chi connectivity index (χ0n) is 11.6. The topological polar surface area (TPSA) is 15.3 Å². The summed E-state index contributed by atoms with van der Waals surface area (Å²) in [5, 5.41) is 3.80. The lowest BCUT2D eigenvalue weighted by molar-refractivity contribution is -0.0172. The van der Waals surface area contributed by atoms with Gasteiger partial charge >= 0.3 is 0 Å². The van der Waals surface area contributed by atoms with Crippen LogP contribution in [0.25, 0.3) is 0 Å². The van der Waals surface area contributed by atoms with E-state index in [1.165, 1.54) is 32.4 Å². The van der Waals surface area contributed by atoms with Crippen molar-refractivity contribution >= 4 is 0 Å². The zero-order valence-corrected chi connectivity index (χ0v) is 11.6. The molecule has 2 fully saturated rings. The lowest BCUT2D eigenvalue weighted by atomic mass is 9.83. The third kappa shape index (κ3) is 2.02. The van der Waals surface area contributed by atoms with Crippen LogP contribution in [-0.2, 0) is 0 Å². The second kappa shape index (κ2) is 3.99. The lowest BCUT2D eigenvalue weighted by Crippen LogP contribution is -2.70. The molecule has 16 heavy (non-hydrogen) atoms. The smallest absolute Gasteiger partial charge is 0.0337 e. The normalized spacial score (nSPS) is 41.6. The average Bonchev–Trinajstić information content (AvgIpc) is 3.06. The molecule has 2 atom stereocenters. The minimum absolute atomic E-state index is 0.318. The molecule has 1 heterocycles. The molecule has 0 aromatic heterocycles. The fourth-order valence-electron chi connectivity index (χ4n) is 3.20. The zero-order chi connectivity index (χ0) is 12.0. The van der Waals surface area contributed by atoms with E-state index in [1.807, 2.05) is 0 Å². The monoisotopic (exact) mass is 224 g/mol. The van der Waals surface area contributed by atoms with Gasteiger partial charge in [-0.2, -0.15) is 0 Å². The first kappa shape index (κ1) is 12.4. The first-order valence-electron chi connectivity index (χ1n) is 6.93. The average molecular weight is 224 g/mol. The van der Waals surface area contributed by atoms with E-state index in [4.69, 9.17) is 0 Å². The van der Waals surface area contributed by atoms with Crippen LogP contribution in [0.5, 0.6) is 0 Å². The van der Waals surface area contributed by atoms with Crippen molar-refractivity contribution in [3.05, 3.63) is 0 Å². The van der Waals surface area contributed by atoms with Crippen LogP contribution in [0.1, 0.15) is 53.9 Å². The summed E-state index contributed by atoms with van der Waals surface area (Å²) in [4.78, 5) is 2.75. The van der Waals surface area contributed by atoms with E-state index >= 15 is 0 Å². The molecular weight excluding hydrogens is 196 g/mol. The molecular formula is C14H28N2. The van der Waals surface area contributed by atoms with E-state index in [1.54, 1.807) is 0 Å². The number of nitrogens with zero attached hydrogens (tertiary/aromatic N) is 1. The third-order valence-electron chi connectivity index (χ3n) is 4.91. The highest BCUT2D eigenvalue weighted by atomic mass is 15.3. The molecule has 0 aromatic rings. The first-order chi connectivity index (χ1) is 7.41. The summed E-state index contributed by atoms with van der Waals surface area (Å²) in [7, 11) is 0. The summed E-state index contributed by atoms with van der Waals surface area (Å²) in [5.74, 6) is 0.934. The highest BCUT2D eigenvalue weighted by Gasteiger charge is 2.50. The maximum atomic E-state index is 3.80. The van der Waals surface area contributed by atoms with Crippen LogP contribution in [0.2, 0.25) is 0 Å². The van der Waals surface area contributed by atoms with E-state index in [2.05, 4.69) is 44.8 Å². The molecule has 1 aliphatic carbocycles. The van der Waals surface area contributed by atoms with Crippen LogP contribution in [0.4, 0.5) is 0 Å². The molecule has 0 spiro atoms. The molecule has 2 unspecified atom stereocenters. The van der Waals surface area contributed by atoms with Crippen LogP contribution in [0, 0.1) is 5.92 Å². The predicted octanol–water partition coefficient (Wildman–Crippen LogP) is 2.64. The van der Waals surface area contributed by atoms with Gasteiger partial charge in [0.25, 0.3) is 0 Å². The van der Waals surface area contributed by atoms with E-state index in [9.17, 15) is 0 Å². The molecule has 1 aliphatic heterocycles. The van der Waals surface area contributed by atoms with Gasteiger partial charge in [0.15, 0.2) is 0 Å². The second-order valence-corrected chi connectivity index (χ2v) is 6.62. The molecule has 94 valence electrons. The molecule has 0 amide bonds. The van der Waals surface area contributed by atoms with Crippen molar-refractivity contribution in [3.63, 3.8) is 0 Å². The fourth-order valence-corrected chi connectivity index (χ4v) is 3.20. The SMILES string of the molecule is CCC1(C)CN(C(C)C)C(C)(C2CC2)CN1. The lowest BCUT2D eigenvalue weighted by Gasteiger charge is -2.54. The van der Waals surface area contributed by atoms with Gasteiger partial charge in [-0.15, -0.1) is 0 Å². The van der Waals surface area contributed by atoms with Gasteiger partial charge in [-0.25, -0.2) is 0 Å². The Kier molecular flexibility index (Phi) is 3.09. The van der Waals surface area contributed by atoms with E-state index < -0.39 is 0 Å². The van der Waals surface area contributed by atoms with Gasteiger partial charge in [0.1, 0.15) is 0 Å². The first-order valence-corrected chi connectivity index (χ1v) is 6.93. The molecule has 2 nitrogen and oxygen atoms in total. The minimum Gasteiger partial charge on any atom is -0.308 e. The molecule has 0 aromatic carbocycles. The summed E-state index contributed by atoms with van der Waals surface area (Å²) < 4.78 is 0. The van der Waals surface area contributed by atoms with Gasteiger partial charge < -0.3 is 5.32 Å². The van der Waals surface area contributed by atoms with E-state index in [0.29, 0.717) is 17.1 Å². The van der Waals surface area contributed by atoms with Crippen molar-refractivity contribution in [1.82, 2.24) is 10.2 Å². The standard InChI is InChI=1S/C14H28N2/c1-6-13(4)10-16(11(2)3)14(5,9-15-13)12-7-8-12/h11-12,15H,6-10H2,1-5H3. The van der Waals surface area contributed by atoms with E-state index in [0.717, 1.165) is 5.92 Å². The van der Waals surface area contributed by atoms with Gasteiger partial charge in [0, 0.05) is 30.2 Å². The Morgan fingerprint density at radius 1 is 1.31 bits per heavy atom. The summed E-state index contributed by atoms with van der Waals surface area (Å²) >= 11 is 0. The maximum absolute atomic E-state index is 3.80. The van der Waals surface area contributed by atoms with Crippen molar-refractivity contribution < 1.29 is 0 Å². The van der Waals surface area contributed by atoms with Crippen LogP contribution in [0.15, 0.2) is 0 Å². The van der Waals surface area contributed by atoms with Crippen molar-refractivity contribution in [3.8, 4) is 0 Å². The number of rotatable bonds is 3. The predicted molar refractivity (Wildman–Crippen MR) is 69.7 cm³/mol. The van der Waals surface area contributed by atoms with Gasteiger partial charge in [-0.05, 0) is 52.9 Å². The van der Waals surface area contributed by atoms with Crippen LogP contribution in [-0.4, -0.2) is 35.1 Å². The molecule has 2 aliphatic rings. The molecule has 0 radical (unpaired) electrons. The van der Waals surface area contributed by atoms with Crippen molar-refractivity contribution in [2.75, 3.05) is 13.1 Å². The van der Waals surface area contributed by atoms with Gasteiger partial charge in [0.05, 0.1) is 0 Å². The Morgan fingerprint density at radius 2 is 1.94 bits per heavy atom. The van der Waals surface area contributed by atoms with Gasteiger partial charge in [-0.1, -0.05) is 6.92 Å². The van der Waals surface area contributed by atoms with E-state index in [-0.39, 0.29) is 0 Å². The molecule has 0 bridgehead atoms. The van der Waals surface area contributed by atoms with Crippen molar-refractivity contribution in [2.45, 2.75) is 71.0 Å². The number of nitrogens with one attached hydrogen (secondary N) is 1. The Morgan fingerprint density at radius 3 is 2.38 bits per heavy atom. The van der Waals surface area contributed by atoms with Crippen molar-refractivity contribution in [1.29, 1.82) is 0 Å². The Hall–Kier alpha value is -0.0800. The fraction of sp³-hybridized carbons (Fsp3) is 1.00. The summed E-state index contributed by atoms with van der Waals surface area (Å²) in [6.45, 7) is 14.2. The molecule has 1 saturated heterocycles. The highest BCUT2D eigenvalue weighted by molar-refractivity contribution is 5.08. The molecule has 1 N–H and O–H groups in total. The highest BCUT2D eigenvalue weighted by Crippen LogP contribution is 2.45. The molecule has 2 rings (SSSR count). The van der Waals surface area contributed by atoms with Crippen LogP contribution in [0.3, 0.4) is 0 Å². The molecule has 2 heteroatoms. The number of piperazine rings is 1. The second-order valence-electron chi connectivity index (χ2n) is 6.62. The Bertz CT molecular complexity index is 259. The largest absolute Gasteiger partial charge is 0.308 e. The summed E-state index contributed by atoms with van der Waals surface area (Å²) in [6.07, 6.45) is 4.09. The Labute approximate surface area is 101 Å². The maximum Gasteiger partial charge on any atom is 0.0337 e. The number of hydrogen-bond donors (Lipinski definition) is 1. The van der Waals surface area contributed by atoms with Crippen molar-refractivity contribution in [2.24, 2.45) is 5.92 Å². The molecule has 1 saturated carbocycles. The number of hydrogen-bond acceptors (Lipinski definition) is 2. The third-order valence-corrected chi connectivity index (χ3v) is 4.91. The minimum atomic E-state index is 0.318. The van der Waals surface area contributed by atoms with Crippen LogP contribution >= 0.6 is 0 Å². The quantitative estimate of drug-likeness (QED) is 0.793. The summed E-state index contributed by atoms with van der Waals surface area (Å²) in [6, 6.07) is 0.665. The van der Waals surface area contributed by atoms with Gasteiger partial charge in [-0.3, -0.25) is 4.90 Å².